The predicted octanol–water partition coefficient (Wildman–Crippen LogP) is 4.83. The Labute approximate surface area is 196 Å². The van der Waals surface area contributed by atoms with Crippen LogP contribution in [0.15, 0.2) is 64.3 Å². The van der Waals surface area contributed by atoms with Crippen molar-refractivity contribution >= 4 is 21.6 Å². The van der Waals surface area contributed by atoms with E-state index in [1.165, 1.54) is 24.2 Å². The maximum Gasteiger partial charge on any atom is 0.275 e. The lowest BCUT2D eigenvalue weighted by Gasteiger charge is -2.36. The smallest absolute Gasteiger partial charge is 0.275 e. The number of piperidine rings is 1. The van der Waals surface area contributed by atoms with Crippen LogP contribution in [0.3, 0.4) is 0 Å². The Morgan fingerprint density at radius 1 is 1.12 bits per heavy atom. The van der Waals surface area contributed by atoms with E-state index < -0.39 is 0 Å². The molecule has 0 saturated carbocycles. The molecule has 6 rings (SSSR count). The average Bonchev–Trinajstić information content (AvgIpc) is 3.53. The van der Waals surface area contributed by atoms with Gasteiger partial charge in [-0.2, -0.15) is 0 Å². The Hall–Kier alpha value is -2.90. The van der Waals surface area contributed by atoms with Crippen LogP contribution in [-0.2, 0) is 12.8 Å². The molecule has 2 saturated heterocycles. The summed E-state index contributed by atoms with van der Waals surface area (Å²) < 4.78 is 14.0. The Bertz CT molecular complexity index is 1300. The van der Waals surface area contributed by atoms with Gasteiger partial charge in [-0.1, -0.05) is 0 Å². The first-order valence-electron chi connectivity index (χ1n) is 11.7. The fourth-order valence-electron chi connectivity index (χ4n) is 5.31. The first kappa shape index (κ1) is 20.7. The molecule has 1 aromatic carbocycles. The van der Waals surface area contributed by atoms with Crippen molar-refractivity contribution in [3.8, 4) is 11.4 Å². The molecule has 2 aliphatic rings. The quantitative estimate of drug-likeness (QED) is 0.412. The zero-order chi connectivity index (χ0) is 22.4. The second kappa shape index (κ2) is 8.47. The van der Waals surface area contributed by atoms with Gasteiger partial charge in [-0.3, -0.25) is 9.36 Å². The summed E-state index contributed by atoms with van der Waals surface area (Å²) in [4.78, 5) is 21.4. The van der Waals surface area contributed by atoms with Gasteiger partial charge in [0.1, 0.15) is 28.6 Å². The fourth-order valence-corrected chi connectivity index (χ4v) is 6.34. The van der Waals surface area contributed by atoms with Crippen LogP contribution >= 0.6 is 11.3 Å². The van der Waals surface area contributed by atoms with E-state index in [9.17, 15) is 4.79 Å². The van der Waals surface area contributed by atoms with Crippen molar-refractivity contribution in [1.82, 2.24) is 14.5 Å². The molecule has 2 fully saturated rings. The number of nitrogens with zero attached hydrogens (tertiary/aromatic N) is 3. The summed E-state index contributed by atoms with van der Waals surface area (Å²) in [5.74, 6) is 1.82. The van der Waals surface area contributed by atoms with Gasteiger partial charge in [-0.15, -0.1) is 11.3 Å². The summed E-state index contributed by atoms with van der Waals surface area (Å²) >= 11 is 1.52. The summed E-state index contributed by atoms with van der Waals surface area (Å²) in [6.07, 6.45) is 9.98. The van der Waals surface area contributed by atoms with E-state index in [1.807, 2.05) is 42.5 Å². The lowest BCUT2D eigenvalue weighted by Crippen LogP contribution is -2.43. The molecule has 6 nitrogen and oxygen atoms in total. The van der Waals surface area contributed by atoms with Crippen molar-refractivity contribution in [3.63, 3.8) is 0 Å². The predicted molar refractivity (Wildman–Crippen MR) is 130 cm³/mol. The van der Waals surface area contributed by atoms with Gasteiger partial charge in [0.15, 0.2) is 0 Å². The molecule has 3 aromatic heterocycles. The van der Waals surface area contributed by atoms with Gasteiger partial charge < -0.3 is 14.1 Å². The largest absolute Gasteiger partial charge is 0.490 e. The van der Waals surface area contributed by atoms with Crippen molar-refractivity contribution in [2.75, 3.05) is 7.05 Å². The maximum absolute atomic E-state index is 13.2. The summed E-state index contributed by atoms with van der Waals surface area (Å²) in [5.41, 5.74) is 1.53. The minimum Gasteiger partial charge on any atom is -0.490 e. The third kappa shape index (κ3) is 4.00. The standard InChI is InChI=1S/C26H27N3O3S/c1-28-18-4-5-19(28)14-22(13-18)32-21-8-6-17(7-9-21)29-16-27-24-15-23(33-25(24)26(29)30)11-10-20-3-2-12-31-20/h2-3,6-9,12,15-16,18-19,22H,4-5,10-11,13-14H2,1H3/t18-,19+,22-. The van der Waals surface area contributed by atoms with Crippen LogP contribution in [0.5, 0.6) is 5.75 Å². The second-order valence-corrected chi connectivity index (χ2v) is 10.3. The number of aryl methyl sites for hydroxylation is 2. The van der Waals surface area contributed by atoms with Crippen LogP contribution in [0.2, 0.25) is 0 Å². The molecular formula is C26H27N3O3S. The molecule has 0 N–H and O–H groups in total. The summed E-state index contributed by atoms with van der Waals surface area (Å²) in [6.45, 7) is 0. The maximum atomic E-state index is 13.2. The van der Waals surface area contributed by atoms with E-state index in [-0.39, 0.29) is 11.7 Å². The number of fused-ring (bicyclic) bond motifs is 3. The number of hydrogen-bond acceptors (Lipinski definition) is 6. The molecule has 0 radical (unpaired) electrons. The average molecular weight is 462 g/mol. The molecular weight excluding hydrogens is 434 g/mol. The summed E-state index contributed by atoms with van der Waals surface area (Å²) in [7, 11) is 2.24. The van der Waals surface area contributed by atoms with Crippen LogP contribution < -0.4 is 10.3 Å². The van der Waals surface area contributed by atoms with E-state index in [1.54, 1.807) is 17.2 Å². The number of benzene rings is 1. The van der Waals surface area contributed by atoms with Gasteiger partial charge in [0.25, 0.3) is 5.56 Å². The van der Waals surface area contributed by atoms with Gasteiger partial charge >= 0.3 is 0 Å². The van der Waals surface area contributed by atoms with E-state index in [4.69, 9.17) is 9.15 Å². The van der Waals surface area contributed by atoms with E-state index in [0.717, 1.165) is 53.3 Å². The molecule has 2 bridgehead atoms. The second-order valence-electron chi connectivity index (χ2n) is 9.18. The molecule has 3 atom stereocenters. The number of hydrogen-bond donors (Lipinski definition) is 0. The molecule has 33 heavy (non-hydrogen) atoms. The van der Waals surface area contributed by atoms with Crippen molar-refractivity contribution in [3.05, 3.63) is 76.0 Å². The van der Waals surface area contributed by atoms with Crippen LogP contribution in [0, 0.1) is 0 Å². The number of thiophene rings is 1. The lowest BCUT2D eigenvalue weighted by molar-refractivity contribution is 0.0662. The van der Waals surface area contributed by atoms with Gasteiger partial charge in [0, 0.05) is 23.4 Å². The first-order chi connectivity index (χ1) is 16.1. The molecule has 4 aromatic rings. The Balaban J connectivity index is 1.18. The normalized spacial score (nSPS) is 22.8. The van der Waals surface area contributed by atoms with Crippen molar-refractivity contribution < 1.29 is 9.15 Å². The molecule has 0 unspecified atom stereocenters. The fraction of sp³-hybridized carbons (Fsp3) is 0.385. The van der Waals surface area contributed by atoms with E-state index >= 15 is 0 Å². The SMILES string of the molecule is CN1[C@@H]2CC[C@H]1C[C@H](Oc1ccc(-n3cnc4cc(CCc5ccco5)sc4c3=O)cc1)C2. The first-order valence-corrected chi connectivity index (χ1v) is 12.5. The minimum atomic E-state index is -0.0326. The van der Waals surface area contributed by atoms with E-state index in [2.05, 4.69) is 16.9 Å². The zero-order valence-corrected chi connectivity index (χ0v) is 19.5. The molecule has 170 valence electrons. The zero-order valence-electron chi connectivity index (χ0n) is 18.6. The number of aromatic nitrogens is 2. The van der Waals surface area contributed by atoms with E-state index in [0.29, 0.717) is 16.8 Å². The third-order valence-corrected chi connectivity index (χ3v) is 8.33. The van der Waals surface area contributed by atoms with Crippen molar-refractivity contribution in [2.45, 2.75) is 56.7 Å². The van der Waals surface area contributed by atoms with Gasteiger partial charge in [-0.25, -0.2) is 4.98 Å². The molecule has 2 aliphatic heterocycles. The van der Waals surface area contributed by atoms with Gasteiger partial charge in [-0.05, 0) is 81.6 Å². The summed E-state index contributed by atoms with van der Waals surface area (Å²) in [6, 6.07) is 15.0. The topological polar surface area (TPSA) is 60.5 Å². The molecule has 0 amide bonds. The Morgan fingerprint density at radius 3 is 2.64 bits per heavy atom. The highest BCUT2D eigenvalue weighted by molar-refractivity contribution is 7.18. The molecule has 0 aliphatic carbocycles. The number of rotatable bonds is 6. The monoisotopic (exact) mass is 461 g/mol. The van der Waals surface area contributed by atoms with Crippen LogP contribution in [0.1, 0.15) is 36.3 Å². The molecule has 0 spiro atoms. The lowest BCUT2D eigenvalue weighted by atomic mass is 10.0. The van der Waals surface area contributed by atoms with Crippen LogP contribution in [0.25, 0.3) is 15.9 Å². The van der Waals surface area contributed by atoms with Crippen LogP contribution in [-0.4, -0.2) is 39.7 Å². The minimum absolute atomic E-state index is 0.0326. The molecule has 7 heteroatoms. The van der Waals surface area contributed by atoms with Gasteiger partial charge in [0.2, 0.25) is 0 Å². The van der Waals surface area contributed by atoms with Crippen LogP contribution in [0.4, 0.5) is 0 Å². The number of ether oxygens (including phenoxy) is 1. The highest BCUT2D eigenvalue weighted by atomic mass is 32.1. The highest BCUT2D eigenvalue weighted by Gasteiger charge is 2.39. The highest BCUT2D eigenvalue weighted by Crippen LogP contribution is 2.36. The Kier molecular flexibility index (Phi) is 5.31. The van der Waals surface area contributed by atoms with Crippen molar-refractivity contribution in [1.29, 1.82) is 0 Å². The Morgan fingerprint density at radius 2 is 1.91 bits per heavy atom. The van der Waals surface area contributed by atoms with Crippen molar-refractivity contribution in [2.24, 2.45) is 0 Å². The molecule has 5 heterocycles. The number of furan rings is 1. The third-order valence-electron chi connectivity index (χ3n) is 7.16. The van der Waals surface area contributed by atoms with Gasteiger partial charge in [0.05, 0.1) is 17.5 Å². The summed E-state index contributed by atoms with van der Waals surface area (Å²) in [5, 5.41) is 0.